The Balaban J connectivity index is 1.74. The number of ether oxygens (including phenoxy) is 1. The normalized spacial score (nSPS) is 11.0. The van der Waals surface area contributed by atoms with Gasteiger partial charge in [0.2, 0.25) is 4.74 Å². The molecule has 3 aromatic rings. The maximum absolute atomic E-state index is 12.4. The van der Waals surface area contributed by atoms with Gasteiger partial charge in [0, 0.05) is 9.72 Å². The minimum Gasteiger partial charge on any atom is -0.497 e. The molecule has 0 spiro atoms. The van der Waals surface area contributed by atoms with Crippen LogP contribution >= 0.6 is 22.9 Å². The lowest BCUT2D eigenvalue weighted by Crippen LogP contribution is -2.14. The molecule has 0 unspecified atom stereocenters. The van der Waals surface area contributed by atoms with Gasteiger partial charge in [-0.05, 0) is 47.4 Å². The first kappa shape index (κ1) is 19.0. The average molecular weight is 399 g/mol. The molecular weight excluding hydrogens is 384 g/mol. The van der Waals surface area contributed by atoms with E-state index in [1.165, 1.54) is 12.1 Å². The average Bonchev–Trinajstić information content (AvgIpc) is 2.66. The fourth-order valence-corrected chi connectivity index (χ4v) is 3.65. The third-order valence-electron chi connectivity index (χ3n) is 3.91. The van der Waals surface area contributed by atoms with E-state index in [2.05, 4.69) is 0 Å². The predicted octanol–water partition coefficient (Wildman–Crippen LogP) is 4.78. The topological polar surface area (TPSA) is 60.4 Å². The maximum atomic E-state index is 12.4. The van der Waals surface area contributed by atoms with Crippen molar-refractivity contribution in [3.05, 3.63) is 80.3 Å². The number of ketones is 2. The molecule has 0 atom stereocenters. The van der Waals surface area contributed by atoms with Gasteiger partial charge in [0.1, 0.15) is 5.75 Å². The van der Waals surface area contributed by atoms with Crippen LogP contribution in [0.2, 0.25) is 5.02 Å². The first-order valence-corrected chi connectivity index (χ1v) is 9.27. The Hall–Kier alpha value is -2.76. The zero-order chi connectivity index (χ0) is 19.4. The number of rotatable bonds is 6. The lowest BCUT2D eigenvalue weighted by Gasteiger charge is -2.02. The van der Waals surface area contributed by atoms with Crippen molar-refractivity contribution < 1.29 is 14.3 Å². The molecule has 0 aliphatic heterocycles. The SMILES string of the molecule is COc1ccc(/C=C/C(=O)CC(=O)c2cc3ccc(Cl)cc3sc2=O)cc1. The molecule has 3 rings (SSSR count). The van der Waals surface area contributed by atoms with Gasteiger partial charge in [-0.2, -0.15) is 0 Å². The van der Waals surface area contributed by atoms with E-state index in [1.54, 1.807) is 55.7 Å². The van der Waals surface area contributed by atoms with Crippen molar-refractivity contribution >= 4 is 50.7 Å². The highest BCUT2D eigenvalue weighted by atomic mass is 35.5. The number of methoxy groups -OCH3 is 1. The molecule has 2 aromatic carbocycles. The first-order chi connectivity index (χ1) is 13.0. The van der Waals surface area contributed by atoms with Crippen LogP contribution in [0, 0.1) is 0 Å². The molecule has 27 heavy (non-hydrogen) atoms. The number of halogens is 1. The van der Waals surface area contributed by atoms with Crippen molar-refractivity contribution in [3.8, 4) is 5.75 Å². The Labute approximate surface area is 164 Å². The Morgan fingerprint density at radius 1 is 1.11 bits per heavy atom. The van der Waals surface area contributed by atoms with Gasteiger partial charge in [0.05, 0.1) is 19.1 Å². The Morgan fingerprint density at radius 3 is 2.56 bits per heavy atom. The van der Waals surface area contributed by atoms with Crippen LogP contribution in [0.1, 0.15) is 22.3 Å². The standard InChI is InChI=1S/C21H15ClO4S/c1-26-17-8-3-13(4-9-17)2-7-16(23)12-19(24)18-10-14-5-6-15(22)11-20(14)27-21(18)25/h2-11H,12H2,1H3/b7-2+. The summed E-state index contributed by atoms with van der Waals surface area (Å²) < 4.78 is 5.40. The quantitative estimate of drug-likeness (QED) is 0.340. The summed E-state index contributed by atoms with van der Waals surface area (Å²) in [4.78, 5) is 36.7. The number of hydrogen-bond acceptors (Lipinski definition) is 5. The van der Waals surface area contributed by atoms with Gasteiger partial charge in [0.25, 0.3) is 0 Å². The molecule has 0 aliphatic carbocycles. The highest BCUT2D eigenvalue weighted by Gasteiger charge is 2.15. The molecule has 6 heteroatoms. The highest BCUT2D eigenvalue weighted by Crippen LogP contribution is 2.22. The first-order valence-electron chi connectivity index (χ1n) is 8.08. The molecule has 0 fully saturated rings. The summed E-state index contributed by atoms with van der Waals surface area (Å²) in [5.41, 5.74) is 0.840. The number of fused-ring (bicyclic) bond motifs is 1. The second kappa shape index (κ2) is 8.29. The van der Waals surface area contributed by atoms with E-state index in [0.717, 1.165) is 28.0 Å². The molecule has 0 radical (unpaired) electrons. The molecule has 0 saturated heterocycles. The van der Waals surface area contributed by atoms with Crippen LogP contribution in [0.3, 0.4) is 0 Å². The minimum absolute atomic E-state index is 0.0287. The van der Waals surface area contributed by atoms with E-state index >= 15 is 0 Å². The van der Waals surface area contributed by atoms with E-state index < -0.39 is 5.78 Å². The fourth-order valence-electron chi connectivity index (χ4n) is 2.50. The molecule has 0 saturated carbocycles. The Kier molecular flexibility index (Phi) is 5.84. The molecule has 4 nitrogen and oxygen atoms in total. The van der Waals surface area contributed by atoms with Crippen molar-refractivity contribution in [2.75, 3.05) is 7.11 Å². The number of carbonyl (C=O) groups is 2. The minimum atomic E-state index is -0.488. The van der Waals surface area contributed by atoms with Crippen molar-refractivity contribution in [3.63, 3.8) is 0 Å². The second-order valence-corrected chi connectivity index (χ2v) is 7.25. The van der Waals surface area contributed by atoms with Crippen LogP contribution in [-0.2, 0) is 4.79 Å². The van der Waals surface area contributed by atoms with Crippen LogP contribution < -0.4 is 9.48 Å². The van der Waals surface area contributed by atoms with Crippen LogP contribution in [0.15, 0.2) is 59.4 Å². The third kappa shape index (κ3) is 4.70. The zero-order valence-corrected chi connectivity index (χ0v) is 16.0. The lowest BCUT2D eigenvalue weighted by atomic mass is 10.1. The predicted molar refractivity (Wildman–Crippen MR) is 109 cm³/mol. The van der Waals surface area contributed by atoms with Gasteiger partial charge in [-0.3, -0.25) is 14.4 Å². The number of benzene rings is 2. The summed E-state index contributed by atoms with van der Waals surface area (Å²) in [7, 11) is 1.58. The largest absolute Gasteiger partial charge is 0.497 e. The summed E-state index contributed by atoms with van der Waals surface area (Å²) in [6.45, 7) is 0. The highest BCUT2D eigenvalue weighted by molar-refractivity contribution is 7.16. The number of hydrogen-bond donors (Lipinski definition) is 0. The van der Waals surface area contributed by atoms with E-state index in [9.17, 15) is 14.4 Å². The van der Waals surface area contributed by atoms with E-state index in [0.29, 0.717) is 9.72 Å². The molecule has 1 aromatic heterocycles. The zero-order valence-electron chi connectivity index (χ0n) is 14.4. The van der Waals surface area contributed by atoms with Crippen LogP contribution in [-0.4, -0.2) is 18.7 Å². The van der Waals surface area contributed by atoms with Crippen LogP contribution in [0.4, 0.5) is 0 Å². The Morgan fingerprint density at radius 2 is 1.85 bits per heavy atom. The maximum Gasteiger partial charge on any atom is 0.243 e. The fraction of sp³-hybridized carbons (Fsp3) is 0.0952. The summed E-state index contributed by atoms with van der Waals surface area (Å²) in [6, 6.07) is 13.8. The molecular formula is C21H15ClO4S. The van der Waals surface area contributed by atoms with E-state index in [-0.39, 0.29) is 22.5 Å². The van der Waals surface area contributed by atoms with E-state index in [1.807, 2.05) is 0 Å². The molecule has 0 bridgehead atoms. The Bertz CT molecular complexity index is 1100. The smallest absolute Gasteiger partial charge is 0.243 e. The van der Waals surface area contributed by atoms with Gasteiger partial charge < -0.3 is 4.74 Å². The monoisotopic (exact) mass is 398 g/mol. The summed E-state index contributed by atoms with van der Waals surface area (Å²) in [5, 5.41) is 1.27. The number of Topliss-reactive ketones (excluding diaryl/α,β-unsaturated/α-hetero) is 1. The summed E-state index contributed by atoms with van der Waals surface area (Å²) in [6.07, 6.45) is 2.61. The van der Waals surface area contributed by atoms with Crippen molar-refractivity contribution in [1.82, 2.24) is 0 Å². The van der Waals surface area contributed by atoms with Crippen LogP contribution in [0.5, 0.6) is 5.75 Å². The van der Waals surface area contributed by atoms with Crippen molar-refractivity contribution in [1.29, 1.82) is 0 Å². The summed E-state index contributed by atoms with van der Waals surface area (Å²) >= 11 is 6.87. The number of allylic oxidation sites excluding steroid dienone is 1. The lowest BCUT2D eigenvalue weighted by molar-refractivity contribution is -0.113. The molecule has 0 aliphatic rings. The van der Waals surface area contributed by atoms with Gasteiger partial charge in [-0.15, -0.1) is 0 Å². The molecule has 0 N–H and O–H groups in total. The van der Waals surface area contributed by atoms with Gasteiger partial charge in [0.15, 0.2) is 11.6 Å². The van der Waals surface area contributed by atoms with Crippen molar-refractivity contribution in [2.45, 2.75) is 6.42 Å². The second-order valence-electron chi connectivity index (χ2n) is 5.80. The van der Waals surface area contributed by atoms with Crippen molar-refractivity contribution in [2.24, 2.45) is 0 Å². The van der Waals surface area contributed by atoms with Gasteiger partial charge >= 0.3 is 0 Å². The molecule has 0 amide bonds. The molecule has 136 valence electrons. The van der Waals surface area contributed by atoms with Gasteiger partial charge in [-0.25, -0.2) is 0 Å². The molecule has 1 heterocycles. The van der Waals surface area contributed by atoms with Crippen LogP contribution in [0.25, 0.3) is 16.2 Å². The summed E-state index contributed by atoms with van der Waals surface area (Å²) in [5.74, 6) is -0.135. The van der Waals surface area contributed by atoms with E-state index in [4.69, 9.17) is 16.3 Å². The number of carbonyl (C=O) groups excluding carboxylic acids is 2. The van der Waals surface area contributed by atoms with Gasteiger partial charge in [-0.1, -0.05) is 47.2 Å². The third-order valence-corrected chi connectivity index (χ3v) is 5.12.